The molecule has 0 bridgehead atoms. The lowest BCUT2D eigenvalue weighted by molar-refractivity contribution is -0.0161. The number of alkyl halides is 1. The lowest BCUT2D eigenvalue weighted by Crippen LogP contribution is -2.42. The fraction of sp³-hybridized carbons (Fsp3) is 0.188. The molecule has 136 valence electrons. The second kappa shape index (κ2) is 6.15. The van der Waals surface area contributed by atoms with E-state index in [1.807, 2.05) is 0 Å². The molecule has 0 saturated heterocycles. The van der Waals surface area contributed by atoms with Gasteiger partial charge < -0.3 is 4.90 Å². The van der Waals surface area contributed by atoms with Gasteiger partial charge in [-0.1, -0.05) is 12.1 Å². The molecular weight excluding hydrogens is 367 g/mol. The van der Waals surface area contributed by atoms with Crippen LogP contribution in [0.25, 0.3) is 10.8 Å². The molecule has 0 saturated carbocycles. The van der Waals surface area contributed by atoms with Gasteiger partial charge in [0.2, 0.25) is 6.01 Å². The molecule has 0 atom stereocenters. The molecule has 3 amide bonds. The number of hydroxylamine groups is 2. The van der Waals surface area contributed by atoms with Crippen LogP contribution in [0.3, 0.4) is 0 Å². The van der Waals surface area contributed by atoms with Gasteiger partial charge in [0.15, 0.2) is 0 Å². The van der Waals surface area contributed by atoms with E-state index >= 15 is 0 Å². The van der Waals surface area contributed by atoms with Crippen LogP contribution in [-0.2, 0) is 14.4 Å². The van der Waals surface area contributed by atoms with Gasteiger partial charge >= 0.3 is 10.1 Å². The molecule has 1 aliphatic rings. The Bertz CT molecular complexity index is 1040. The van der Waals surface area contributed by atoms with Crippen molar-refractivity contribution >= 4 is 38.6 Å². The third-order valence-electron chi connectivity index (χ3n) is 3.83. The zero-order chi connectivity index (χ0) is 19.2. The third-order valence-corrected chi connectivity index (χ3v) is 4.47. The summed E-state index contributed by atoms with van der Waals surface area (Å²) in [6, 6.07) is 5.24. The molecule has 0 spiro atoms. The molecule has 0 radical (unpaired) electrons. The highest BCUT2D eigenvalue weighted by Gasteiger charge is 2.37. The Labute approximate surface area is 147 Å². The maximum absolute atomic E-state index is 12.5. The van der Waals surface area contributed by atoms with Crippen molar-refractivity contribution in [2.75, 3.05) is 20.1 Å². The van der Waals surface area contributed by atoms with Gasteiger partial charge in [-0.05, 0) is 23.6 Å². The molecule has 0 unspecified atom stereocenters. The molecule has 2 aromatic carbocycles. The van der Waals surface area contributed by atoms with Crippen molar-refractivity contribution in [2.24, 2.45) is 0 Å². The SMILES string of the molecule is CN(C)C(=O)c1ccc2c3c(cccc13)C(=O)N(OS(=O)(=O)CF)C2=O. The molecule has 10 heteroatoms. The largest absolute Gasteiger partial charge is 0.345 e. The number of hydrogen-bond donors (Lipinski definition) is 0. The van der Waals surface area contributed by atoms with Crippen LogP contribution in [0.2, 0.25) is 0 Å². The predicted octanol–water partition coefficient (Wildman–Crippen LogP) is 1.33. The number of imide groups is 1. The minimum Gasteiger partial charge on any atom is -0.345 e. The van der Waals surface area contributed by atoms with Crippen LogP contribution in [0.15, 0.2) is 30.3 Å². The maximum Gasteiger partial charge on any atom is 0.318 e. The minimum absolute atomic E-state index is 0.0134. The van der Waals surface area contributed by atoms with Crippen molar-refractivity contribution in [3.8, 4) is 0 Å². The number of benzene rings is 2. The van der Waals surface area contributed by atoms with Crippen molar-refractivity contribution in [3.63, 3.8) is 0 Å². The van der Waals surface area contributed by atoms with Gasteiger partial charge in [0.25, 0.3) is 17.7 Å². The average Bonchev–Trinajstić information content (AvgIpc) is 2.62. The first kappa shape index (κ1) is 18.0. The monoisotopic (exact) mass is 380 g/mol. The summed E-state index contributed by atoms with van der Waals surface area (Å²) in [4.78, 5) is 38.7. The van der Waals surface area contributed by atoms with Gasteiger partial charge in [-0.25, -0.2) is 4.39 Å². The first-order valence-corrected chi connectivity index (χ1v) is 8.90. The first-order chi connectivity index (χ1) is 12.2. The number of halogens is 1. The Morgan fingerprint density at radius 2 is 1.73 bits per heavy atom. The zero-order valence-electron chi connectivity index (χ0n) is 13.7. The Hall–Kier alpha value is -2.85. The Kier molecular flexibility index (Phi) is 4.24. The second-order valence-electron chi connectivity index (χ2n) is 5.73. The standard InChI is InChI=1S/C16H13FN2O6S/c1-18(2)14(20)10-6-7-12-13-9(10)4-3-5-11(13)15(21)19(16(12)22)25-26(23,24)8-17/h3-7H,8H2,1-2H3. The summed E-state index contributed by atoms with van der Waals surface area (Å²) in [5, 5.41) is 0.598. The summed E-state index contributed by atoms with van der Waals surface area (Å²) in [6.45, 7) is 0. The zero-order valence-corrected chi connectivity index (χ0v) is 14.5. The van der Waals surface area contributed by atoms with Crippen molar-refractivity contribution < 1.29 is 31.5 Å². The van der Waals surface area contributed by atoms with E-state index in [0.717, 1.165) is 0 Å². The highest BCUT2D eigenvalue weighted by Crippen LogP contribution is 2.33. The van der Waals surface area contributed by atoms with Gasteiger partial charge in [-0.3, -0.25) is 14.4 Å². The average molecular weight is 380 g/mol. The fourth-order valence-electron chi connectivity index (χ4n) is 2.70. The van der Waals surface area contributed by atoms with E-state index in [2.05, 4.69) is 4.28 Å². The lowest BCUT2D eigenvalue weighted by atomic mass is 9.91. The molecule has 0 aliphatic carbocycles. The van der Waals surface area contributed by atoms with Crippen molar-refractivity contribution in [1.29, 1.82) is 0 Å². The van der Waals surface area contributed by atoms with Crippen LogP contribution in [0.1, 0.15) is 31.1 Å². The van der Waals surface area contributed by atoms with E-state index in [0.29, 0.717) is 5.39 Å². The first-order valence-electron chi connectivity index (χ1n) is 7.32. The van der Waals surface area contributed by atoms with Crippen LogP contribution in [0, 0.1) is 0 Å². The molecule has 8 nitrogen and oxygen atoms in total. The smallest absolute Gasteiger partial charge is 0.318 e. The maximum atomic E-state index is 12.5. The van der Waals surface area contributed by atoms with E-state index in [-0.39, 0.29) is 33.0 Å². The van der Waals surface area contributed by atoms with Crippen LogP contribution in [0.4, 0.5) is 4.39 Å². The second-order valence-corrected chi connectivity index (χ2v) is 7.22. The summed E-state index contributed by atoms with van der Waals surface area (Å²) in [6.07, 6.45) is 0. The highest BCUT2D eigenvalue weighted by atomic mass is 32.2. The van der Waals surface area contributed by atoms with E-state index in [9.17, 15) is 27.2 Å². The Balaban J connectivity index is 2.23. The molecule has 3 rings (SSSR count). The van der Waals surface area contributed by atoms with E-state index in [4.69, 9.17) is 0 Å². The number of carbonyl (C=O) groups is 3. The summed E-state index contributed by atoms with van der Waals surface area (Å²) in [7, 11) is -1.61. The molecule has 0 N–H and O–H groups in total. The molecule has 1 heterocycles. The van der Waals surface area contributed by atoms with Crippen LogP contribution in [-0.4, -0.2) is 56.2 Å². The van der Waals surface area contributed by atoms with Crippen LogP contribution >= 0.6 is 0 Å². The molecular formula is C16H13FN2O6S. The fourth-order valence-corrected chi connectivity index (χ4v) is 3.11. The van der Waals surface area contributed by atoms with E-state index < -0.39 is 27.9 Å². The van der Waals surface area contributed by atoms with E-state index in [1.54, 1.807) is 20.2 Å². The summed E-state index contributed by atoms with van der Waals surface area (Å²) < 4.78 is 39.5. The molecule has 0 fully saturated rings. The van der Waals surface area contributed by atoms with Crippen molar-refractivity contribution in [3.05, 3.63) is 47.0 Å². The predicted molar refractivity (Wildman–Crippen MR) is 88.4 cm³/mol. The molecule has 1 aliphatic heterocycles. The Morgan fingerprint density at radius 3 is 2.31 bits per heavy atom. The molecule has 0 aromatic heterocycles. The van der Waals surface area contributed by atoms with Gasteiger partial charge in [0.05, 0.1) is 11.1 Å². The van der Waals surface area contributed by atoms with Gasteiger partial charge in [-0.2, -0.15) is 8.42 Å². The minimum atomic E-state index is -4.73. The van der Waals surface area contributed by atoms with Gasteiger partial charge in [0, 0.05) is 25.0 Å². The quantitative estimate of drug-likeness (QED) is 0.742. The lowest BCUT2D eigenvalue weighted by Gasteiger charge is -2.25. The van der Waals surface area contributed by atoms with Crippen molar-refractivity contribution in [2.45, 2.75) is 0 Å². The number of amides is 3. The molecule has 2 aromatic rings. The normalized spacial score (nSPS) is 14.0. The van der Waals surface area contributed by atoms with Gasteiger partial charge in [0.1, 0.15) is 0 Å². The highest BCUT2D eigenvalue weighted by molar-refractivity contribution is 7.86. The number of nitrogens with zero attached hydrogens (tertiary/aromatic N) is 2. The number of hydrogen-bond acceptors (Lipinski definition) is 6. The van der Waals surface area contributed by atoms with Crippen LogP contribution < -0.4 is 0 Å². The van der Waals surface area contributed by atoms with E-state index in [1.165, 1.54) is 29.2 Å². The van der Waals surface area contributed by atoms with Crippen LogP contribution in [0.5, 0.6) is 0 Å². The number of carbonyl (C=O) groups excluding carboxylic acids is 3. The van der Waals surface area contributed by atoms with Gasteiger partial charge in [-0.15, -0.1) is 9.35 Å². The third kappa shape index (κ3) is 2.72. The van der Waals surface area contributed by atoms with Crippen molar-refractivity contribution in [1.82, 2.24) is 9.96 Å². The summed E-state index contributed by atoms with van der Waals surface area (Å²) in [5.41, 5.74) is 0.223. The summed E-state index contributed by atoms with van der Waals surface area (Å²) >= 11 is 0. The Morgan fingerprint density at radius 1 is 1.12 bits per heavy atom. The summed E-state index contributed by atoms with van der Waals surface area (Å²) in [5.74, 6) is -2.44. The topological polar surface area (TPSA) is 101 Å². The molecule has 26 heavy (non-hydrogen) atoms. The number of rotatable bonds is 4.